The Hall–Kier alpha value is -4.14. The number of halogens is 1. The summed E-state index contributed by atoms with van der Waals surface area (Å²) in [5, 5.41) is 3.45. The number of nitrogens with zero attached hydrogens (tertiary/aromatic N) is 2. The molecule has 4 aromatic rings. The Kier molecular flexibility index (Phi) is 11.4. The molecule has 0 unspecified atom stereocenters. The summed E-state index contributed by atoms with van der Waals surface area (Å²) in [4.78, 5) is 29.8. The van der Waals surface area contributed by atoms with Gasteiger partial charge in [0.1, 0.15) is 12.6 Å². The van der Waals surface area contributed by atoms with Crippen molar-refractivity contribution in [3.63, 3.8) is 0 Å². The topological polar surface area (TPSA) is 86.8 Å². The second kappa shape index (κ2) is 15.2. The predicted molar refractivity (Wildman–Crippen MR) is 181 cm³/mol. The Balaban J connectivity index is 1.82. The standard InChI is InChI=1S/C36H40ClN3O4S/c1-5-20-38-36(42)34(23-29-10-7-6-8-11-29)39(24-30-12-9-13-31(37)22-30)35(41)25-40(33-19-16-27(3)21-28(33)4)45(43,44)32-17-14-26(2)15-18-32/h6-19,21-22,34H,5,20,23-25H2,1-4H3,(H,38,42)/t34-/m0/s1. The van der Waals surface area contributed by atoms with Crippen molar-refractivity contribution < 1.29 is 18.0 Å². The van der Waals surface area contributed by atoms with Gasteiger partial charge in [-0.05, 0) is 74.2 Å². The van der Waals surface area contributed by atoms with Crippen molar-refractivity contribution >= 4 is 39.1 Å². The monoisotopic (exact) mass is 645 g/mol. The number of hydrogen-bond acceptors (Lipinski definition) is 4. The van der Waals surface area contributed by atoms with Gasteiger partial charge >= 0.3 is 0 Å². The highest BCUT2D eigenvalue weighted by Crippen LogP contribution is 2.29. The summed E-state index contributed by atoms with van der Waals surface area (Å²) in [5.41, 5.74) is 4.58. The van der Waals surface area contributed by atoms with Crippen molar-refractivity contribution in [1.82, 2.24) is 10.2 Å². The number of nitrogens with one attached hydrogen (secondary N) is 1. The normalized spacial score (nSPS) is 11.9. The summed E-state index contributed by atoms with van der Waals surface area (Å²) in [6.45, 7) is 7.58. The van der Waals surface area contributed by atoms with Crippen molar-refractivity contribution in [2.24, 2.45) is 0 Å². The fourth-order valence-corrected chi connectivity index (χ4v) is 6.88. The molecular weight excluding hydrogens is 606 g/mol. The lowest BCUT2D eigenvalue weighted by molar-refractivity contribution is -0.140. The van der Waals surface area contributed by atoms with E-state index in [-0.39, 0.29) is 23.8 Å². The number of carbonyl (C=O) groups excluding carboxylic acids is 2. The molecule has 0 aliphatic carbocycles. The van der Waals surface area contributed by atoms with E-state index >= 15 is 0 Å². The molecule has 0 heterocycles. The van der Waals surface area contributed by atoms with Crippen molar-refractivity contribution in [3.05, 3.63) is 130 Å². The average molecular weight is 646 g/mol. The van der Waals surface area contributed by atoms with Crippen molar-refractivity contribution in [2.45, 2.75) is 58.0 Å². The smallest absolute Gasteiger partial charge is 0.264 e. The van der Waals surface area contributed by atoms with Crippen LogP contribution in [-0.2, 0) is 32.6 Å². The zero-order chi connectivity index (χ0) is 32.6. The molecule has 4 aromatic carbocycles. The van der Waals surface area contributed by atoms with Crippen LogP contribution in [0.1, 0.15) is 41.2 Å². The molecule has 0 saturated carbocycles. The third kappa shape index (κ3) is 8.74. The predicted octanol–water partition coefficient (Wildman–Crippen LogP) is 6.63. The van der Waals surface area contributed by atoms with E-state index in [1.54, 1.807) is 48.5 Å². The number of benzene rings is 4. The third-order valence-corrected chi connectivity index (χ3v) is 9.58. The van der Waals surface area contributed by atoms with Gasteiger partial charge in [0.25, 0.3) is 10.0 Å². The minimum Gasteiger partial charge on any atom is -0.354 e. The second-order valence-corrected chi connectivity index (χ2v) is 13.6. The lowest BCUT2D eigenvalue weighted by Crippen LogP contribution is -2.53. The summed E-state index contributed by atoms with van der Waals surface area (Å²) in [6.07, 6.45) is 0.971. The molecule has 7 nitrogen and oxygen atoms in total. The van der Waals surface area contributed by atoms with Crippen LogP contribution in [0, 0.1) is 20.8 Å². The van der Waals surface area contributed by atoms with Crippen LogP contribution in [0.25, 0.3) is 0 Å². The molecule has 0 saturated heterocycles. The van der Waals surface area contributed by atoms with E-state index in [1.807, 2.05) is 76.2 Å². The van der Waals surface area contributed by atoms with Gasteiger partial charge in [-0.2, -0.15) is 0 Å². The summed E-state index contributed by atoms with van der Waals surface area (Å²) in [7, 11) is -4.17. The van der Waals surface area contributed by atoms with Gasteiger partial charge in [-0.3, -0.25) is 13.9 Å². The van der Waals surface area contributed by atoms with E-state index in [9.17, 15) is 18.0 Å². The first kappa shape index (κ1) is 33.7. The van der Waals surface area contributed by atoms with Crippen LogP contribution in [0.5, 0.6) is 0 Å². The number of anilines is 1. The minimum absolute atomic E-state index is 0.0573. The maximum atomic E-state index is 14.5. The van der Waals surface area contributed by atoms with Crippen LogP contribution in [0.4, 0.5) is 5.69 Å². The molecule has 0 radical (unpaired) electrons. The maximum absolute atomic E-state index is 14.5. The molecule has 2 amide bonds. The molecule has 0 aliphatic heterocycles. The molecule has 0 aromatic heterocycles. The van der Waals surface area contributed by atoms with E-state index in [2.05, 4.69) is 5.32 Å². The first-order valence-electron chi connectivity index (χ1n) is 15.0. The number of amides is 2. The first-order valence-corrected chi connectivity index (χ1v) is 16.8. The highest BCUT2D eigenvalue weighted by molar-refractivity contribution is 7.92. The van der Waals surface area contributed by atoms with Gasteiger partial charge in [0.2, 0.25) is 11.8 Å². The van der Waals surface area contributed by atoms with Gasteiger partial charge < -0.3 is 10.2 Å². The summed E-state index contributed by atoms with van der Waals surface area (Å²) >= 11 is 6.31. The summed E-state index contributed by atoms with van der Waals surface area (Å²) in [6, 6.07) is 27.7. The minimum atomic E-state index is -4.17. The SMILES string of the molecule is CCCNC(=O)[C@H](Cc1ccccc1)N(Cc1cccc(Cl)c1)C(=O)CN(c1ccc(C)cc1C)S(=O)(=O)c1ccc(C)cc1. The molecule has 0 aliphatic rings. The Morgan fingerprint density at radius 1 is 0.822 bits per heavy atom. The van der Waals surface area contributed by atoms with Gasteiger partial charge in [-0.15, -0.1) is 0 Å². The zero-order valence-electron chi connectivity index (χ0n) is 26.2. The Bertz CT molecular complexity index is 1730. The summed E-state index contributed by atoms with van der Waals surface area (Å²) in [5.74, 6) is -0.825. The maximum Gasteiger partial charge on any atom is 0.264 e. The van der Waals surface area contributed by atoms with Crippen LogP contribution < -0.4 is 9.62 Å². The number of rotatable bonds is 13. The second-order valence-electron chi connectivity index (χ2n) is 11.3. The molecule has 0 fully saturated rings. The average Bonchev–Trinajstić information content (AvgIpc) is 3.01. The molecular formula is C36H40ClN3O4S. The third-order valence-electron chi connectivity index (χ3n) is 7.57. The van der Waals surface area contributed by atoms with Crippen molar-refractivity contribution in [3.8, 4) is 0 Å². The molecule has 1 N–H and O–H groups in total. The van der Waals surface area contributed by atoms with Gasteiger partial charge in [-0.25, -0.2) is 8.42 Å². The Morgan fingerprint density at radius 2 is 1.49 bits per heavy atom. The van der Waals surface area contributed by atoms with Crippen molar-refractivity contribution in [1.29, 1.82) is 0 Å². The number of sulfonamides is 1. The van der Waals surface area contributed by atoms with Crippen LogP contribution in [0.3, 0.4) is 0 Å². The van der Waals surface area contributed by atoms with Gasteiger partial charge in [0, 0.05) is 24.5 Å². The Morgan fingerprint density at radius 3 is 2.13 bits per heavy atom. The molecule has 4 rings (SSSR count). The van der Waals surface area contributed by atoms with Crippen LogP contribution >= 0.6 is 11.6 Å². The highest BCUT2D eigenvalue weighted by atomic mass is 35.5. The van der Waals surface area contributed by atoms with Crippen LogP contribution in [-0.4, -0.2) is 44.3 Å². The number of aryl methyl sites for hydroxylation is 3. The van der Waals surface area contributed by atoms with Gasteiger partial charge in [-0.1, -0.05) is 96.4 Å². The molecule has 9 heteroatoms. The Labute approximate surface area is 271 Å². The fourth-order valence-electron chi connectivity index (χ4n) is 5.19. The molecule has 0 spiro atoms. The number of carbonyl (C=O) groups is 2. The fraction of sp³-hybridized carbons (Fsp3) is 0.278. The number of hydrogen-bond donors (Lipinski definition) is 1. The van der Waals surface area contributed by atoms with Crippen LogP contribution in [0.15, 0.2) is 102 Å². The van der Waals surface area contributed by atoms with E-state index in [0.29, 0.717) is 22.8 Å². The molecule has 45 heavy (non-hydrogen) atoms. The van der Waals surface area contributed by atoms with Gasteiger partial charge in [0.05, 0.1) is 10.6 Å². The van der Waals surface area contributed by atoms with Crippen molar-refractivity contribution in [2.75, 3.05) is 17.4 Å². The highest BCUT2D eigenvalue weighted by Gasteiger charge is 2.35. The van der Waals surface area contributed by atoms with E-state index in [0.717, 1.165) is 33.0 Å². The zero-order valence-corrected chi connectivity index (χ0v) is 27.7. The quantitative estimate of drug-likeness (QED) is 0.177. The van der Waals surface area contributed by atoms with E-state index in [4.69, 9.17) is 11.6 Å². The lowest BCUT2D eigenvalue weighted by Gasteiger charge is -2.34. The lowest BCUT2D eigenvalue weighted by atomic mass is 10.0. The van der Waals surface area contributed by atoms with Crippen LogP contribution in [0.2, 0.25) is 5.02 Å². The molecule has 1 atom stereocenters. The van der Waals surface area contributed by atoms with E-state index < -0.39 is 28.5 Å². The first-order chi connectivity index (χ1) is 21.5. The molecule has 236 valence electrons. The largest absolute Gasteiger partial charge is 0.354 e. The van der Waals surface area contributed by atoms with Gasteiger partial charge in [0.15, 0.2) is 0 Å². The summed E-state index contributed by atoms with van der Waals surface area (Å²) < 4.78 is 29.6. The van der Waals surface area contributed by atoms with E-state index in [1.165, 1.54) is 4.90 Å². The molecule has 0 bridgehead atoms.